The van der Waals surface area contributed by atoms with Gasteiger partial charge in [-0.25, -0.2) is 0 Å². The highest BCUT2D eigenvalue weighted by Gasteiger charge is 2.25. The van der Waals surface area contributed by atoms with Crippen LogP contribution in [0.3, 0.4) is 0 Å². The van der Waals surface area contributed by atoms with E-state index in [1.165, 1.54) is 0 Å². The van der Waals surface area contributed by atoms with Crippen molar-refractivity contribution in [3.63, 3.8) is 0 Å². The maximum atomic E-state index is 10.5. The van der Waals surface area contributed by atoms with Gasteiger partial charge in [-0.1, -0.05) is 0 Å². The van der Waals surface area contributed by atoms with E-state index >= 15 is 0 Å². The Kier molecular flexibility index (Phi) is 8.11. The molecule has 6 heteroatoms. The summed E-state index contributed by atoms with van der Waals surface area (Å²) < 4.78 is 5.01. The molecule has 0 aromatic rings. The van der Waals surface area contributed by atoms with E-state index < -0.39 is 24.9 Å². The zero-order valence-corrected chi connectivity index (χ0v) is 8.81. The molecule has 0 fully saturated rings. The largest absolute Gasteiger partial charge is 0.394 e. The lowest BCUT2D eigenvalue weighted by atomic mass is 10.1. The third-order valence-electron chi connectivity index (χ3n) is 1.65. The molecular formula is C8H16O5S. The van der Waals surface area contributed by atoms with Crippen LogP contribution in [0.5, 0.6) is 0 Å². The van der Waals surface area contributed by atoms with Crippen LogP contribution in [0, 0.1) is 0 Å². The maximum Gasteiger partial charge on any atom is 0.151 e. The first-order valence-corrected chi connectivity index (χ1v) is 5.59. The number of aliphatic hydroxyl groups is 3. The second-order valence-corrected chi connectivity index (χ2v) is 3.69. The molecule has 0 radical (unpaired) electrons. The van der Waals surface area contributed by atoms with Gasteiger partial charge in [0.25, 0.3) is 0 Å². The molecule has 0 unspecified atom stereocenters. The number of aldehydes is 1. The van der Waals surface area contributed by atoms with Crippen LogP contribution in [0.25, 0.3) is 0 Å². The van der Waals surface area contributed by atoms with Crippen LogP contribution in [0.15, 0.2) is 0 Å². The molecule has 0 bridgehead atoms. The van der Waals surface area contributed by atoms with Crippen LogP contribution in [-0.4, -0.2) is 65.1 Å². The van der Waals surface area contributed by atoms with E-state index in [4.69, 9.17) is 14.9 Å². The van der Waals surface area contributed by atoms with Gasteiger partial charge in [-0.05, 0) is 6.26 Å². The number of rotatable bonds is 8. The van der Waals surface area contributed by atoms with Crippen molar-refractivity contribution in [2.45, 2.75) is 18.3 Å². The lowest BCUT2D eigenvalue weighted by Gasteiger charge is -2.21. The van der Waals surface area contributed by atoms with Gasteiger partial charge >= 0.3 is 0 Å². The molecule has 0 aliphatic heterocycles. The summed E-state index contributed by atoms with van der Waals surface area (Å²) >= 11 is 1.55. The minimum absolute atomic E-state index is 0.319. The fourth-order valence-corrected chi connectivity index (χ4v) is 1.08. The first-order valence-electron chi connectivity index (χ1n) is 4.20. The van der Waals surface area contributed by atoms with Gasteiger partial charge in [0, 0.05) is 5.75 Å². The molecule has 0 amide bonds. The molecule has 0 saturated carbocycles. The molecule has 14 heavy (non-hydrogen) atoms. The molecule has 5 nitrogen and oxygen atoms in total. The minimum atomic E-state index is -1.38. The third kappa shape index (κ3) is 4.92. The topological polar surface area (TPSA) is 87.0 Å². The van der Waals surface area contributed by atoms with E-state index in [0.717, 1.165) is 0 Å². The second kappa shape index (κ2) is 8.19. The van der Waals surface area contributed by atoms with E-state index in [1.807, 2.05) is 6.26 Å². The van der Waals surface area contributed by atoms with E-state index in [1.54, 1.807) is 11.8 Å². The van der Waals surface area contributed by atoms with Gasteiger partial charge in [-0.15, -0.1) is 0 Å². The SMILES string of the molecule is CSCCO[C@@H](C=O)[C@H](O)[C@H](O)CO. The number of carbonyl (C=O) groups excluding carboxylic acids is 1. The van der Waals surface area contributed by atoms with Crippen LogP contribution in [0.4, 0.5) is 0 Å². The second-order valence-electron chi connectivity index (χ2n) is 2.70. The van der Waals surface area contributed by atoms with E-state index in [2.05, 4.69) is 0 Å². The summed E-state index contributed by atoms with van der Waals surface area (Å²) in [6.07, 6.45) is -1.49. The molecule has 0 aromatic heterocycles. The van der Waals surface area contributed by atoms with Gasteiger partial charge < -0.3 is 24.9 Å². The zero-order chi connectivity index (χ0) is 11.0. The van der Waals surface area contributed by atoms with Crippen LogP contribution >= 0.6 is 11.8 Å². The van der Waals surface area contributed by atoms with Crippen molar-refractivity contribution >= 4 is 18.0 Å². The van der Waals surface area contributed by atoms with Crippen molar-refractivity contribution in [3.8, 4) is 0 Å². The fraction of sp³-hybridized carbons (Fsp3) is 0.875. The highest BCUT2D eigenvalue weighted by molar-refractivity contribution is 7.98. The predicted octanol–water partition coefficient (Wildman–Crippen LogP) is -1.35. The van der Waals surface area contributed by atoms with Crippen molar-refractivity contribution in [2.75, 3.05) is 25.2 Å². The van der Waals surface area contributed by atoms with Crippen molar-refractivity contribution in [1.29, 1.82) is 0 Å². The Morgan fingerprint density at radius 2 is 2.14 bits per heavy atom. The first kappa shape index (κ1) is 13.9. The average molecular weight is 224 g/mol. The van der Waals surface area contributed by atoms with Gasteiger partial charge in [0.15, 0.2) is 6.29 Å². The van der Waals surface area contributed by atoms with Crippen LogP contribution in [-0.2, 0) is 9.53 Å². The normalized spacial score (nSPS) is 17.4. The smallest absolute Gasteiger partial charge is 0.151 e. The lowest BCUT2D eigenvalue weighted by Crippen LogP contribution is -2.42. The summed E-state index contributed by atoms with van der Waals surface area (Å²) in [6, 6.07) is 0. The molecule has 0 aliphatic rings. The molecule has 0 aromatic carbocycles. The van der Waals surface area contributed by atoms with Crippen LogP contribution in [0.1, 0.15) is 0 Å². The maximum absolute atomic E-state index is 10.5. The molecule has 3 atom stereocenters. The molecule has 0 rings (SSSR count). The summed E-state index contributed by atoms with van der Waals surface area (Å²) in [6.45, 7) is -0.281. The molecular weight excluding hydrogens is 208 g/mol. The molecule has 0 saturated heterocycles. The minimum Gasteiger partial charge on any atom is -0.394 e. The van der Waals surface area contributed by atoms with Gasteiger partial charge in [-0.3, -0.25) is 0 Å². The van der Waals surface area contributed by atoms with E-state index in [9.17, 15) is 9.90 Å². The number of aliphatic hydroxyl groups excluding tert-OH is 3. The summed E-state index contributed by atoms with van der Waals surface area (Å²) in [5, 5.41) is 26.9. The molecule has 0 spiro atoms. The average Bonchev–Trinajstić information content (AvgIpc) is 2.22. The Bertz CT molecular complexity index is 155. The third-order valence-corrected chi connectivity index (χ3v) is 2.22. The lowest BCUT2D eigenvalue weighted by molar-refractivity contribution is -0.135. The predicted molar refractivity (Wildman–Crippen MR) is 53.3 cm³/mol. The van der Waals surface area contributed by atoms with Gasteiger partial charge in [-0.2, -0.15) is 11.8 Å². The molecule has 84 valence electrons. The molecule has 3 N–H and O–H groups in total. The van der Waals surface area contributed by atoms with Crippen LogP contribution < -0.4 is 0 Å². The number of hydrogen-bond acceptors (Lipinski definition) is 6. The Hall–Kier alpha value is -0.140. The number of hydrogen-bond donors (Lipinski definition) is 3. The number of thioether (sulfide) groups is 1. The highest BCUT2D eigenvalue weighted by atomic mass is 32.2. The van der Waals surface area contributed by atoms with Gasteiger partial charge in [0.1, 0.15) is 18.3 Å². The number of carbonyl (C=O) groups is 1. The van der Waals surface area contributed by atoms with Crippen molar-refractivity contribution < 1.29 is 24.9 Å². The summed E-state index contributed by atoms with van der Waals surface area (Å²) in [4.78, 5) is 10.5. The van der Waals surface area contributed by atoms with Crippen molar-refractivity contribution in [1.82, 2.24) is 0 Å². The Morgan fingerprint density at radius 1 is 1.50 bits per heavy atom. The Labute approximate surface area is 87.1 Å². The Morgan fingerprint density at radius 3 is 2.57 bits per heavy atom. The van der Waals surface area contributed by atoms with Crippen molar-refractivity contribution in [2.24, 2.45) is 0 Å². The first-order chi connectivity index (χ1) is 6.67. The highest BCUT2D eigenvalue weighted by Crippen LogP contribution is 2.03. The van der Waals surface area contributed by atoms with E-state index in [-0.39, 0.29) is 0 Å². The Balaban J connectivity index is 3.92. The quantitative estimate of drug-likeness (QED) is 0.349. The van der Waals surface area contributed by atoms with Gasteiger partial charge in [0.05, 0.1) is 13.2 Å². The van der Waals surface area contributed by atoms with Crippen molar-refractivity contribution in [3.05, 3.63) is 0 Å². The van der Waals surface area contributed by atoms with Gasteiger partial charge in [0.2, 0.25) is 0 Å². The molecule has 0 aliphatic carbocycles. The van der Waals surface area contributed by atoms with Crippen LogP contribution in [0.2, 0.25) is 0 Å². The fourth-order valence-electron chi connectivity index (χ4n) is 0.813. The van der Waals surface area contributed by atoms with E-state index in [0.29, 0.717) is 18.6 Å². The summed E-state index contributed by atoms with van der Waals surface area (Å²) in [7, 11) is 0. The summed E-state index contributed by atoms with van der Waals surface area (Å²) in [5.74, 6) is 0.701. The number of ether oxygens (including phenoxy) is 1. The molecule has 0 heterocycles. The summed E-state index contributed by atoms with van der Waals surface area (Å²) in [5.41, 5.74) is 0. The standard InChI is InChI=1S/C8H16O5S/c1-14-3-2-13-7(5-10)8(12)6(11)4-9/h5-9,11-12H,2-4H2,1H3/t6-,7+,8-/m1/s1. The monoisotopic (exact) mass is 224 g/mol. The zero-order valence-electron chi connectivity index (χ0n) is 8.00.